The summed E-state index contributed by atoms with van der Waals surface area (Å²) >= 11 is 0. The van der Waals surface area contributed by atoms with Crippen molar-refractivity contribution in [3.63, 3.8) is 0 Å². The van der Waals surface area contributed by atoms with E-state index in [-0.39, 0.29) is 12.2 Å². The van der Waals surface area contributed by atoms with Crippen molar-refractivity contribution < 1.29 is 9.72 Å². The zero-order valence-electron chi connectivity index (χ0n) is 6.14. The maximum Gasteiger partial charge on any atom is 0.363 e. The standard InChI is InChI=1S/C7H6N2O3/c10-4-3-6-1-2-7(8-5-6)9(11)12/h1-2,4-5H,3H2. The van der Waals surface area contributed by atoms with E-state index in [9.17, 15) is 14.9 Å². The SMILES string of the molecule is O=CCc1ccc([N+](=O)[O-])nc1. The van der Waals surface area contributed by atoms with Crippen molar-refractivity contribution in [2.24, 2.45) is 0 Å². The molecule has 0 radical (unpaired) electrons. The van der Waals surface area contributed by atoms with E-state index in [1.165, 1.54) is 18.3 Å². The lowest BCUT2D eigenvalue weighted by Gasteiger charge is -1.91. The highest BCUT2D eigenvalue weighted by Crippen LogP contribution is 2.06. The quantitative estimate of drug-likeness (QED) is 0.377. The number of aldehydes is 1. The molecule has 0 N–H and O–H groups in total. The van der Waals surface area contributed by atoms with Gasteiger partial charge in [0.1, 0.15) is 12.5 Å². The second-order valence-corrected chi connectivity index (χ2v) is 2.15. The molecule has 0 amide bonds. The molecule has 0 aliphatic heterocycles. The molecule has 0 spiro atoms. The number of hydrogen-bond acceptors (Lipinski definition) is 4. The summed E-state index contributed by atoms with van der Waals surface area (Å²) in [7, 11) is 0. The van der Waals surface area contributed by atoms with Crippen LogP contribution in [0.25, 0.3) is 0 Å². The van der Waals surface area contributed by atoms with Crippen molar-refractivity contribution in [1.29, 1.82) is 0 Å². The molecule has 0 unspecified atom stereocenters. The maximum absolute atomic E-state index is 10.1. The predicted octanol–water partition coefficient (Wildman–Crippen LogP) is 0.731. The molecule has 1 aromatic heterocycles. The van der Waals surface area contributed by atoms with Gasteiger partial charge in [-0.25, -0.2) is 0 Å². The van der Waals surface area contributed by atoms with E-state index in [4.69, 9.17) is 0 Å². The molecule has 0 aliphatic rings. The highest BCUT2D eigenvalue weighted by atomic mass is 16.6. The number of aromatic nitrogens is 1. The molecule has 0 bridgehead atoms. The zero-order valence-corrected chi connectivity index (χ0v) is 6.14. The lowest BCUT2D eigenvalue weighted by Crippen LogP contribution is -1.93. The number of carbonyl (C=O) groups excluding carboxylic acids is 1. The zero-order chi connectivity index (χ0) is 8.97. The molecule has 0 atom stereocenters. The maximum atomic E-state index is 10.1. The van der Waals surface area contributed by atoms with Gasteiger partial charge in [-0.1, -0.05) is 0 Å². The van der Waals surface area contributed by atoms with Crippen LogP contribution in [0.4, 0.5) is 5.82 Å². The van der Waals surface area contributed by atoms with Gasteiger partial charge < -0.3 is 14.9 Å². The second kappa shape index (κ2) is 3.56. The van der Waals surface area contributed by atoms with Crippen molar-refractivity contribution >= 4 is 12.1 Å². The first-order valence-electron chi connectivity index (χ1n) is 3.27. The Morgan fingerprint density at radius 2 is 2.33 bits per heavy atom. The molecule has 62 valence electrons. The van der Waals surface area contributed by atoms with Gasteiger partial charge in [-0.15, -0.1) is 0 Å². The van der Waals surface area contributed by atoms with Crippen LogP contribution in [0.5, 0.6) is 0 Å². The van der Waals surface area contributed by atoms with Gasteiger partial charge in [-0.2, -0.15) is 0 Å². The molecule has 0 fully saturated rings. The van der Waals surface area contributed by atoms with Gasteiger partial charge in [-0.05, 0) is 16.0 Å². The normalized spacial score (nSPS) is 9.33. The van der Waals surface area contributed by atoms with E-state index >= 15 is 0 Å². The summed E-state index contributed by atoms with van der Waals surface area (Å²) in [4.78, 5) is 23.1. The van der Waals surface area contributed by atoms with Gasteiger partial charge in [0.05, 0.1) is 0 Å². The van der Waals surface area contributed by atoms with Gasteiger partial charge in [0, 0.05) is 18.1 Å². The van der Waals surface area contributed by atoms with Gasteiger partial charge in [0.25, 0.3) is 0 Å². The molecule has 0 aliphatic carbocycles. The monoisotopic (exact) mass is 166 g/mol. The molecule has 5 heteroatoms. The fourth-order valence-electron chi connectivity index (χ4n) is 0.742. The van der Waals surface area contributed by atoms with Crippen LogP contribution in [0.15, 0.2) is 18.3 Å². The molecular weight excluding hydrogens is 160 g/mol. The number of rotatable bonds is 3. The van der Waals surface area contributed by atoms with Crippen molar-refractivity contribution in [3.8, 4) is 0 Å². The van der Waals surface area contributed by atoms with Crippen molar-refractivity contribution in [1.82, 2.24) is 4.98 Å². The largest absolute Gasteiger partial charge is 0.363 e. The van der Waals surface area contributed by atoms with Crippen LogP contribution in [0.1, 0.15) is 5.56 Å². The molecule has 1 rings (SSSR count). The molecule has 1 aromatic rings. The first kappa shape index (κ1) is 8.32. The second-order valence-electron chi connectivity index (χ2n) is 2.15. The molecule has 0 saturated carbocycles. The fourth-order valence-corrected chi connectivity index (χ4v) is 0.742. The molecule has 0 saturated heterocycles. The third-order valence-electron chi connectivity index (χ3n) is 1.32. The average Bonchev–Trinajstić information content (AvgIpc) is 2.06. The van der Waals surface area contributed by atoms with Crippen LogP contribution in [0.3, 0.4) is 0 Å². The Morgan fingerprint density at radius 3 is 2.75 bits per heavy atom. The summed E-state index contributed by atoms with van der Waals surface area (Å²) in [5, 5.41) is 10.1. The van der Waals surface area contributed by atoms with Crippen molar-refractivity contribution in [2.75, 3.05) is 0 Å². The minimum absolute atomic E-state index is 0.204. The Bertz CT molecular complexity index is 294. The fraction of sp³-hybridized carbons (Fsp3) is 0.143. The van der Waals surface area contributed by atoms with Gasteiger partial charge in [0.2, 0.25) is 0 Å². The smallest absolute Gasteiger partial charge is 0.358 e. The van der Waals surface area contributed by atoms with Crippen LogP contribution in [0, 0.1) is 10.1 Å². The Kier molecular flexibility index (Phi) is 2.47. The van der Waals surface area contributed by atoms with E-state index < -0.39 is 4.92 Å². The Hall–Kier alpha value is -1.78. The highest BCUT2D eigenvalue weighted by molar-refractivity contribution is 5.54. The minimum Gasteiger partial charge on any atom is -0.358 e. The lowest BCUT2D eigenvalue weighted by molar-refractivity contribution is -0.389. The van der Waals surface area contributed by atoms with E-state index in [0.717, 1.165) is 6.29 Å². The number of pyridine rings is 1. The number of nitrogens with zero attached hydrogens (tertiary/aromatic N) is 2. The number of carbonyl (C=O) groups is 1. The molecule has 1 heterocycles. The predicted molar refractivity (Wildman–Crippen MR) is 40.7 cm³/mol. The summed E-state index contributed by atoms with van der Waals surface area (Å²) in [5.41, 5.74) is 0.676. The lowest BCUT2D eigenvalue weighted by atomic mass is 10.2. The van der Waals surface area contributed by atoms with E-state index in [1.54, 1.807) is 0 Å². The van der Waals surface area contributed by atoms with Crippen LogP contribution in [0.2, 0.25) is 0 Å². The van der Waals surface area contributed by atoms with Crippen LogP contribution in [-0.2, 0) is 11.2 Å². The first-order valence-corrected chi connectivity index (χ1v) is 3.27. The van der Waals surface area contributed by atoms with Gasteiger partial charge in [-0.3, -0.25) is 0 Å². The van der Waals surface area contributed by atoms with Gasteiger partial charge in [0.15, 0.2) is 0 Å². The molecule has 12 heavy (non-hydrogen) atoms. The molecule has 5 nitrogen and oxygen atoms in total. The van der Waals surface area contributed by atoms with Crippen molar-refractivity contribution in [2.45, 2.75) is 6.42 Å². The Morgan fingerprint density at radius 1 is 1.58 bits per heavy atom. The third kappa shape index (κ3) is 1.85. The van der Waals surface area contributed by atoms with Crippen LogP contribution < -0.4 is 0 Å². The first-order chi connectivity index (χ1) is 5.74. The minimum atomic E-state index is -0.579. The molecule has 0 aromatic carbocycles. The summed E-state index contributed by atoms with van der Waals surface area (Å²) in [6, 6.07) is 2.79. The number of hydrogen-bond donors (Lipinski definition) is 0. The third-order valence-corrected chi connectivity index (χ3v) is 1.32. The average molecular weight is 166 g/mol. The van der Waals surface area contributed by atoms with Crippen molar-refractivity contribution in [3.05, 3.63) is 34.0 Å². The molecular formula is C7H6N2O3. The van der Waals surface area contributed by atoms with Crippen LogP contribution >= 0.6 is 0 Å². The highest BCUT2D eigenvalue weighted by Gasteiger charge is 2.04. The topological polar surface area (TPSA) is 73.1 Å². The summed E-state index contributed by atoms with van der Waals surface area (Å²) in [5.74, 6) is -0.204. The van der Waals surface area contributed by atoms with E-state index in [2.05, 4.69) is 4.98 Å². The summed E-state index contributed by atoms with van der Waals surface area (Å²) in [6.45, 7) is 0. The van der Waals surface area contributed by atoms with E-state index in [0.29, 0.717) is 5.56 Å². The van der Waals surface area contributed by atoms with Gasteiger partial charge >= 0.3 is 5.82 Å². The summed E-state index contributed by atoms with van der Waals surface area (Å²) in [6.07, 6.45) is 2.29. The summed E-state index contributed by atoms with van der Waals surface area (Å²) < 4.78 is 0. The number of nitro groups is 1. The van der Waals surface area contributed by atoms with Crippen LogP contribution in [-0.4, -0.2) is 16.2 Å². The Labute approximate surface area is 68.2 Å². The Balaban J connectivity index is 2.85. The van der Waals surface area contributed by atoms with E-state index in [1.807, 2.05) is 0 Å².